The van der Waals surface area contributed by atoms with Gasteiger partial charge in [-0.05, 0) is 133 Å². The van der Waals surface area contributed by atoms with Crippen LogP contribution >= 0.6 is 11.6 Å². The third-order valence-corrected chi connectivity index (χ3v) is 20.7. The molecule has 0 saturated carbocycles. The molecule has 4 N–H and O–H groups in total. The van der Waals surface area contributed by atoms with Crippen LogP contribution in [0.5, 0.6) is 23.0 Å². The van der Waals surface area contributed by atoms with E-state index in [9.17, 15) is 23.1 Å². The quantitative estimate of drug-likeness (QED) is 0.0260. The van der Waals surface area contributed by atoms with Crippen molar-refractivity contribution in [3.8, 4) is 23.0 Å². The van der Waals surface area contributed by atoms with Crippen molar-refractivity contribution in [2.24, 2.45) is 5.92 Å². The van der Waals surface area contributed by atoms with E-state index in [0.29, 0.717) is 52.1 Å². The molecule has 14 nitrogen and oxygen atoms in total. The van der Waals surface area contributed by atoms with Crippen LogP contribution < -0.4 is 24.8 Å². The van der Waals surface area contributed by atoms with Gasteiger partial charge in [-0.25, -0.2) is 12.9 Å². The van der Waals surface area contributed by atoms with E-state index in [4.69, 9.17) is 25.8 Å². The zero-order valence-electron chi connectivity index (χ0n) is 57.4. The average molecular weight is 1290 g/mol. The molecule has 92 heavy (non-hydrogen) atoms. The number of phenolic OH excluding ortho intramolecular Hbond substituents is 1. The fraction of sp³-hybridized carbons (Fsp3) is 0.474. The summed E-state index contributed by atoms with van der Waals surface area (Å²) in [4.78, 5) is 27.9. The largest absolute Gasteiger partial charge is 0.505 e. The Morgan fingerprint density at radius 1 is 0.663 bits per heavy atom. The number of hydrogen-bond acceptors (Lipinski definition) is 10. The molecule has 496 valence electrons. The molecule has 2 atom stereocenters. The van der Waals surface area contributed by atoms with Gasteiger partial charge in [0.2, 0.25) is 9.84 Å². The van der Waals surface area contributed by atoms with E-state index in [1.165, 1.54) is 49.8 Å². The normalized spacial score (nSPS) is 13.2. The predicted molar refractivity (Wildman–Crippen MR) is 374 cm³/mol. The average Bonchev–Trinajstić information content (AvgIpc) is 1.56. The highest BCUT2D eigenvalue weighted by molar-refractivity contribution is 7.91. The number of rotatable bonds is 29. The molecule has 0 aliphatic carbocycles. The first kappa shape index (κ1) is 72.1. The summed E-state index contributed by atoms with van der Waals surface area (Å²) in [5.41, 5.74) is 3.37. The minimum absolute atomic E-state index is 0.0551. The summed E-state index contributed by atoms with van der Waals surface area (Å²) < 4.78 is 47.7. The molecule has 6 aromatic carbocycles. The van der Waals surface area contributed by atoms with Gasteiger partial charge in [-0.3, -0.25) is 14.7 Å². The minimum Gasteiger partial charge on any atom is -0.505 e. The number of hydrogen-bond donors (Lipinski definition) is 4. The van der Waals surface area contributed by atoms with Gasteiger partial charge in [-0.1, -0.05) is 226 Å². The number of benzene rings is 6. The Hall–Kier alpha value is -7.36. The van der Waals surface area contributed by atoms with Gasteiger partial charge in [-0.2, -0.15) is 0 Å². The standard InChI is InChI=1S/C45H60ClN5O5S.C31H41NO3/c1-9-10-11-12-13-14-15-19-22-37(41(52)47-45(7,8)44(5,6)42-49-48-40-38(46)39(43(2,3)4)50-51(40)42)56-34-25-29-36(30-26-34)57(53,54)35-27-23-33(24-28-35)55-31-32-20-17-16-18-21-32;1-9-30(5,6)22-16-18-26(24(19-22)31(7,8)10-2)35-28(20(3)4)29(34)32-25-17-15-21-13-11-12-14-23(21)27(25)33/h16-18,20-21,23-30,37,50H,9-15,19,22,31H2,1-8H3,(H,47,52);11-20,28,33H,9-10H2,1-8H3,(H,32,34). The van der Waals surface area contributed by atoms with Crippen molar-refractivity contribution < 1.29 is 37.3 Å². The highest BCUT2D eigenvalue weighted by Crippen LogP contribution is 2.41. The maximum Gasteiger partial charge on any atom is 0.265 e. The molecule has 2 aromatic heterocycles. The molecule has 2 amide bonds. The van der Waals surface area contributed by atoms with E-state index in [1.807, 2.05) is 113 Å². The van der Waals surface area contributed by atoms with E-state index in [2.05, 4.69) is 107 Å². The van der Waals surface area contributed by atoms with Crippen molar-refractivity contribution in [1.29, 1.82) is 0 Å². The number of fused-ring (bicyclic) bond motifs is 2. The Bertz CT molecular complexity index is 3850. The third-order valence-electron chi connectivity index (χ3n) is 18.6. The number of sulfone groups is 1. The summed E-state index contributed by atoms with van der Waals surface area (Å²) in [5.74, 6) is 1.82. The van der Waals surface area contributed by atoms with Gasteiger partial charge in [0.25, 0.3) is 11.8 Å². The SMILES string of the molecule is CCC(C)(C)c1ccc(OC(C(=O)Nc2ccc3ccccc3c2O)C(C)C)c(C(C)(C)CC)c1.CCCCCCCCCCC(Oc1ccc(S(=O)(=O)c2ccc(OCc3ccccc3)cc2)cc1)C(=O)NC(C)(C)C(C)(C)c1nnc2c(Cl)c(C(C)(C)C)[nH]n12. The molecule has 0 aliphatic rings. The van der Waals surface area contributed by atoms with Crippen LogP contribution in [0.4, 0.5) is 5.69 Å². The van der Waals surface area contributed by atoms with Crippen LogP contribution in [-0.4, -0.2) is 62.9 Å². The molecule has 8 rings (SSSR count). The van der Waals surface area contributed by atoms with Gasteiger partial charge in [0.1, 0.15) is 34.6 Å². The number of nitrogens with one attached hydrogen (secondary N) is 3. The Kier molecular flexibility index (Phi) is 24.0. The van der Waals surface area contributed by atoms with E-state index in [-0.39, 0.29) is 49.5 Å². The number of unbranched alkanes of at least 4 members (excludes halogenated alkanes) is 7. The molecular formula is C76H101ClN6O8S. The third kappa shape index (κ3) is 17.5. The summed E-state index contributed by atoms with van der Waals surface area (Å²) in [5, 5.41) is 31.4. The summed E-state index contributed by atoms with van der Waals surface area (Å²) in [6.45, 7) is 34.1. The number of aromatic hydroxyl groups is 1. The lowest BCUT2D eigenvalue weighted by Gasteiger charge is -2.41. The number of anilines is 1. The molecule has 8 aromatic rings. The molecule has 2 unspecified atom stereocenters. The number of nitrogens with zero attached hydrogens (tertiary/aromatic N) is 3. The second kappa shape index (κ2) is 30.6. The molecule has 16 heteroatoms. The fourth-order valence-electron chi connectivity index (χ4n) is 10.9. The van der Waals surface area contributed by atoms with Gasteiger partial charge in [0.15, 0.2) is 23.7 Å². The minimum atomic E-state index is -3.81. The number of halogens is 1. The maximum absolute atomic E-state index is 14.2. The van der Waals surface area contributed by atoms with Gasteiger partial charge in [-0.15, -0.1) is 10.2 Å². The lowest BCUT2D eigenvalue weighted by molar-refractivity contribution is -0.131. The molecule has 0 saturated heterocycles. The van der Waals surface area contributed by atoms with Gasteiger partial charge in [0, 0.05) is 27.3 Å². The van der Waals surface area contributed by atoms with Crippen molar-refractivity contribution >= 4 is 55.4 Å². The lowest BCUT2D eigenvalue weighted by Crippen LogP contribution is -2.59. The molecule has 0 fully saturated rings. The van der Waals surface area contributed by atoms with Crippen molar-refractivity contribution in [2.75, 3.05) is 5.32 Å². The highest BCUT2D eigenvalue weighted by atomic mass is 35.5. The Morgan fingerprint density at radius 2 is 1.25 bits per heavy atom. The number of aromatic amines is 1. The van der Waals surface area contributed by atoms with Crippen LogP contribution in [0, 0.1) is 5.92 Å². The van der Waals surface area contributed by atoms with Crippen LogP contribution in [0.2, 0.25) is 5.02 Å². The summed E-state index contributed by atoms with van der Waals surface area (Å²) in [6, 6.07) is 40.1. The fourth-order valence-corrected chi connectivity index (χ4v) is 12.6. The molecule has 0 spiro atoms. The smallest absolute Gasteiger partial charge is 0.265 e. The van der Waals surface area contributed by atoms with Crippen LogP contribution in [0.25, 0.3) is 16.4 Å². The first-order valence-corrected chi connectivity index (χ1v) is 34.8. The van der Waals surface area contributed by atoms with Crippen molar-refractivity contribution in [2.45, 2.75) is 237 Å². The number of phenols is 1. The zero-order chi connectivity index (χ0) is 67.4. The van der Waals surface area contributed by atoms with E-state index >= 15 is 0 Å². The second-order valence-corrected chi connectivity index (χ2v) is 30.5. The van der Waals surface area contributed by atoms with Crippen molar-refractivity contribution in [3.63, 3.8) is 0 Å². The number of ether oxygens (including phenoxy) is 3. The molecule has 0 radical (unpaired) electrons. The van der Waals surface area contributed by atoms with Crippen LogP contribution in [-0.2, 0) is 47.7 Å². The number of carbonyl (C=O) groups excluding carboxylic acids is 2. The van der Waals surface area contributed by atoms with Gasteiger partial charge >= 0.3 is 0 Å². The van der Waals surface area contributed by atoms with Gasteiger partial charge < -0.3 is 30.0 Å². The summed E-state index contributed by atoms with van der Waals surface area (Å²) in [6.07, 6.45) is 9.98. The first-order chi connectivity index (χ1) is 43.4. The summed E-state index contributed by atoms with van der Waals surface area (Å²) in [7, 11) is -3.81. The number of H-pyrrole nitrogens is 1. The maximum atomic E-state index is 14.2. The van der Waals surface area contributed by atoms with Crippen LogP contribution in [0.15, 0.2) is 143 Å². The number of carbonyl (C=O) groups is 2. The number of amides is 2. The first-order valence-electron chi connectivity index (χ1n) is 32.9. The van der Waals surface area contributed by atoms with Crippen LogP contribution in [0.3, 0.4) is 0 Å². The highest BCUT2D eigenvalue weighted by Gasteiger charge is 2.45. The Morgan fingerprint density at radius 3 is 1.85 bits per heavy atom. The van der Waals surface area contributed by atoms with E-state index in [1.54, 1.807) is 42.5 Å². The van der Waals surface area contributed by atoms with Crippen molar-refractivity contribution in [1.82, 2.24) is 25.1 Å². The molecule has 2 heterocycles. The second-order valence-electron chi connectivity index (χ2n) is 28.2. The van der Waals surface area contributed by atoms with E-state index < -0.39 is 33.0 Å². The Balaban J connectivity index is 0.000000293. The molecule has 0 aliphatic heterocycles. The zero-order valence-corrected chi connectivity index (χ0v) is 58.9. The van der Waals surface area contributed by atoms with Gasteiger partial charge in [0.05, 0.1) is 21.2 Å². The van der Waals surface area contributed by atoms with E-state index in [0.717, 1.165) is 60.1 Å². The topological polar surface area (TPSA) is 186 Å². The predicted octanol–water partition coefficient (Wildman–Crippen LogP) is 18.5. The molecule has 0 bridgehead atoms. The monoisotopic (exact) mass is 1290 g/mol. The molecular weight excluding hydrogens is 1190 g/mol. The Labute approximate surface area is 552 Å². The lowest BCUT2D eigenvalue weighted by atomic mass is 9.73. The number of aromatic nitrogens is 4. The van der Waals surface area contributed by atoms with Crippen molar-refractivity contribution in [3.05, 3.63) is 167 Å². The summed E-state index contributed by atoms with van der Waals surface area (Å²) >= 11 is 6.75. The van der Waals surface area contributed by atoms with Crippen LogP contribution in [0.1, 0.15) is 210 Å².